The number of ether oxygens (including phenoxy) is 1. The van der Waals surface area contributed by atoms with Crippen LogP contribution in [0.5, 0.6) is 0 Å². The van der Waals surface area contributed by atoms with Gasteiger partial charge in [0.05, 0.1) is 12.6 Å². The molecular weight excluding hydrogens is 270 g/mol. The molecule has 2 amide bonds. The average molecular weight is 291 g/mol. The highest BCUT2D eigenvalue weighted by atomic mass is 16.6. The van der Waals surface area contributed by atoms with Crippen molar-refractivity contribution in [3.63, 3.8) is 0 Å². The quantitative estimate of drug-likeness (QED) is 0.891. The fourth-order valence-electron chi connectivity index (χ4n) is 2.38. The lowest BCUT2D eigenvalue weighted by Gasteiger charge is -2.24. The van der Waals surface area contributed by atoms with Gasteiger partial charge in [-0.2, -0.15) is 0 Å². The fraction of sp³-hybridized carbons (Fsp3) is 0.467. The molecule has 1 saturated heterocycles. The summed E-state index contributed by atoms with van der Waals surface area (Å²) in [5.74, 6) is -0.0800. The number of hydrogen-bond acceptors (Lipinski definition) is 4. The number of benzene rings is 1. The third kappa shape index (κ3) is 3.95. The first-order valence-corrected chi connectivity index (χ1v) is 7.03. The van der Waals surface area contributed by atoms with Crippen molar-refractivity contribution in [3.8, 4) is 0 Å². The van der Waals surface area contributed by atoms with Gasteiger partial charge in [0.15, 0.2) is 0 Å². The number of nitrogens with two attached hydrogens (primary N) is 1. The van der Waals surface area contributed by atoms with Crippen molar-refractivity contribution in [3.05, 3.63) is 35.9 Å². The molecule has 0 bridgehead atoms. The van der Waals surface area contributed by atoms with E-state index in [1.54, 1.807) is 16.8 Å². The zero-order chi connectivity index (χ0) is 15.2. The van der Waals surface area contributed by atoms with Crippen LogP contribution >= 0.6 is 0 Å². The Morgan fingerprint density at radius 2 is 2.10 bits per heavy atom. The van der Waals surface area contributed by atoms with Gasteiger partial charge in [0.2, 0.25) is 5.91 Å². The number of rotatable bonds is 4. The van der Waals surface area contributed by atoms with Gasteiger partial charge in [-0.1, -0.05) is 30.3 Å². The summed E-state index contributed by atoms with van der Waals surface area (Å²) >= 11 is 0. The number of carbonyl (C=O) groups is 2. The van der Waals surface area contributed by atoms with Gasteiger partial charge in [-0.15, -0.1) is 0 Å². The molecule has 2 N–H and O–H groups in total. The monoisotopic (exact) mass is 291 g/mol. The maximum atomic E-state index is 12.0. The predicted molar refractivity (Wildman–Crippen MR) is 78.4 cm³/mol. The van der Waals surface area contributed by atoms with Crippen LogP contribution in [0.2, 0.25) is 0 Å². The highest BCUT2D eigenvalue weighted by Gasteiger charge is 2.31. The van der Waals surface area contributed by atoms with Gasteiger partial charge in [-0.3, -0.25) is 4.79 Å². The molecule has 6 nitrogen and oxygen atoms in total. The van der Waals surface area contributed by atoms with Gasteiger partial charge >= 0.3 is 6.09 Å². The van der Waals surface area contributed by atoms with E-state index >= 15 is 0 Å². The highest BCUT2D eigenvalue weighted by Crippen LogP contribution is 2.15. The zero-order valence-electron chi connectivity index (χ0n) is 12.2. The van der Waals surface area contributed by atoms with Crippen LogP contribution in [0.15, 0.2) is 30.3 Å². The molecule has 1 aromatic carbocycles. The molecule has 0 radical (unpaired) electrons. The van der Waals surface area contributed by atoms with Crippen LogP contribution in [-0.2, 0) is 16.1 Å². The Hall–Kier alpha value is -2.08. The molecule has 1 fully saturated rings. The summed E-state index contributed by atoms with van der Waals surface area (Å²) in [5, 5.41) is 0. The third-order valence-corrected chi connectivity index (χ3v) is 3.73. The van der Waals surface area contributed by atoms with E-state index in [-0.39, 0.29) is 31.2 Å². The molecule has 114 valence electrons. The lowest BCUT2D eigenvalue weighted by atomic mass is 10.2. The molecule has 0 aliphatic carbocycles. The van der Waals surface area contributed by atoms with Gasteiger partial charge < -0.3 is 20.3 Å². The second-order valence-corrected chi connectivity index (χ2v) is 5.14. The molecule has 0 aromatic heterocycles. The summed E-state index contributed by atoms with van der Waals surface area (Å²) in [6.45, 7) is 1.42. The molecule has 1 atom stereocenters. The van der Waals surface area contributed by atoms with Crippen molar-refractivity contribution >= 4 is 12.0 Å². The van der Waals surface area contributed by atoms with Crippen molar-refractivity contribution in [2.24, 2.45) is 5.73 Å². The smallest absolute Gasteiger partial charge is 0.410 e. The summed E-state index contributed by atoms with van der Waals surface area (Å²) in [6, 6.07) is 9.53. The maximum Gasteiger partial charge on any atom is 0.410 e. The molecule has 2 rings (SSSR count). The molecule has 0 spiro atoms. The number of carbonyl (C=O) groups excluding carboxylic acids is 2. The molecule has 0 saturated carbocycles. The molecule has 1 aromatic rings. The molecule has 1 heterocycles. The summed E-state index contributed by atoms with van der Waals surface area (Å²) in [6.07, 6.45) is 0.383. The normalized spacial score (nSPS) is 17.6. The first kappa shape index (κ1) is 15.3. The number of amides is 2. The minimum atomic E-state index is -0.370. The van der Waals surface area contributed by atoms with Crippen molar-refractivity contribution in [2.45, 2.75) is 19.1 Å². The second-order valence-electron chi connectivity index (χ2n) is 5.14. The number of likely N-dealkylation sites (N-methyl/N-ethyl adjacent to an activating group) is 1. The van der Waals surface area contributed by atoms with Crippen LogP contribution in [-0.4, -0.2) is 54.5 Å². The van der Waals surface area contributed by atoms with Gasteiger partial charge in [-0.05, 0) is 12.0 Å². The van der Waals surface area contributed by atoms with Crippen molar-refractivity contribution in [1.82, 2.24) is 9.80 Å². The maximum absolute atomic E-state index is 12.0. The van der Waals surface area contributed by atoms with Crippen LogP contribution in [0.4, 0.5) is 4.79 Å². The third-order valence-electron chi connectivity index (χ3n) is 3.73. The lowest BCUT2D eigenvalue weighted by molar-refractivity contribution is -0.128. The van der Waals surface area contributed by atoms with Crippen molar-refractivity contribution in [1.29, 1.82) is 0 Å². The first-order chi connectivity index (χ1) is 10.1. The van der Waals surface area contributed by atoms with Gasteiger partial charge in [0, 0.05) is 20.1 Å². The number of likely N-dealkylation sites (tertiary alicyclic amines) is 1. The Balaban J connectivity index is 1.81. The minimum Gasteiger partial charge on any atom is -0.445 e. The number of hydrogen-bond donors (Lipinski definition) is 1. The Bertz CT molecular complexity index is 492. The van der Waals surface area contributed by atoms with E-state index in [2.05, 4.69) is 0 Å². The molecular formula is C15H21N3O3. The van der Waals surface area contributed by atoms with Crippen molar-refractivity contribution in [2.75, 3.05) is 26.7 Å². The van der Waals surface area contributed by atoms with Crippen LogP contribution in [0.25, 0.3) is 0 Å². The summed E-state index contributed by atoms with van der Waals surface area (Å²) in [4.78, 5) is 26.8. The average Bonchev–Trinajstić information content (AvgIpc) is 3.02. The van der Waals surface area contributed by atoms with E-state index in [4.69, 9.17) is 10.5 Å². The van der Waals surface area contributed by atoms with E-state index in [9.17, 15) is 9.59 Å². The molecule has 1 aliphatic heterocycles. The number of nitrogens with zero attached hydrogens (tertiary/aromatic N) is 2. The summed E-state index contributed by atoms with van der Waals surface area (Å²) in [7, 11) is 1.70. The SMILES string of the molecule is CN(C(=O)OCc1ccccc1)[C@H]1CCN(C(=O)CN)C1. The topological polar surface area (TPSA) is 75.9 Å². The van der Waals surface area contributed by atoms with Crippen LogP contribution < -0.4 is 5.73 Å². The molecule has 0 unspecified atom stereocenters. The second kappa shape index (κ2) is 7.08. The Kier molecular flexibility index (Phi) is 5.16. The van der Waals surface area contributed by atoms with E-state index in [1.807, 2.05) is 30.3 Å². The van der Waals surface area contributed by atoms with E-state index in [0.717, 1.165) is 12.0 Å². The highest BCUT2D eigenvalue weighted by molar-refractivity contribution is 5.78. The van der Waals surface area contributed by atoms with E-state index in [1.165, 1.54) is 0 Å². The predicted octanol–water partition coefficient (Wildman–Crippen LogP) is 0.815. The summed E-state index contributed by atoms with van der Waals surface area (Å²) in [5.41, 5.74) is 6.30. The molecule has 6 heteroatoms. The van der Waals surface area contributed by atoms with E-state index < -0.39 is 0 Å². The fourth-order valence-corrected chi connectivity index (χ4v) is 2.38. The first-order valence-electron chi connectivity index (χ1n) is 7.03. The lowest BCUT2D eigenvalue weighted by Crippen LogP contribution is -2.41. The largest absolute Gasteiger partial charge is 0.445 e. The zero-order valence-corrected chi connectivity index (χ0v) is 12.2. The Morgan fingerprint density at radius 1 is 1.38 bits per heavy atom. The van der Waals surface area contributed by atoms with Crippen LogP contribution in [0, 0.1) is 0 Å². The Morgan fingerprint density at radius 3 is 2.76 bits per heavy atom. The van der Waals surface area contributed by atoms with Gasteiger partial charge in [0.1, 0.15) is 6.61 Å². The summed E-state index contributed by atoms with van der Waals surface area (Å²) < 4.78 is 5.28. The standard InChI is InChI=1S/C15H21N3O3/c1-17(13-7-8-18(10-13)14(19)9-16)15(20)21-11-12-5-3-2-4-6-12/h2-6,13H,7-11,16H2,1H3/t13-/m0/s1. The van der Waals surface area contributed by atoms with Crippen molar-refractivity contribution < 1.29 is 14.3 Å². The Labute approximate surface area is 124 Å². The molecule has 21 heavy (non-hydrogen) atoms. The van der Waals surface area contributed by atoms with Crippen LogP contribution in [0.1, 0.15) is 12.0 Å². The van der Waals surface area contributed by atoms with Gasteiger partial charge in [-0.25, -0.2) is 4.79 Å². The molecule has 1 aliphatic rings. The van der Waals surface area contributed by atoms with Gasteiger partial charge in [0.25, 0.3) is 0 Å². The minimum absolute atomic E-state index is 0.00882. The van der Waals surface area contributed by atoms with E-state index in [0.29, 0.717) is 13.1 Å². The van der Waals surface area contributed by atoms with Crippen LogP contribution in [0.3, 0.4) is 0 Å².